The van der Waals surface area contributed by atoms with Gasteiger partial charge in [0, 0.05) is 18.7 Å². The van der Waals surface area contributed by atoms with Crippen molar-refractivity contribution >= 4 is 11.6 Å². The Labute approximate surface area is 179 Å². The fourth-order valence-corrected chi connectivity index (χ4v) is 3.62. The van der Waals surface area contributed by atoms with Crippen LogP contribution in [0.25, 0.3) is 5.69 Å². The Morgan fingerprint density at radius 2 is 1.71 bits per heavy atom. The molecular weight excluding hydrogens is 400 g/mol. The number of ketones is 1. The summed E-state index contributed by atoms with van der Waals surface area (Å²) in [6.45, 7) is 0.979. The molecule has 0 saturated carbocycles. The number of anilines is 1. The average molecular weight is 424 g/mol. The Hall–Kier alpha value is -3.59. The molecule has 0 aliphatic carbocycles. The SMILES string of the molecule is COc1cc(C(=O)c2nn(-c3ccccc3)nc2N2CC[C@@H](O)C2)cc(OC)c1OC. The molecule has 0 spiro atoms. The highest BCUT2D eigenvalue weighted by Crippen LogP contribution is 2.39. The number of rotatable bonds is 7. The van der Waals surface area contributed by atoms with Gasteiger partial charge in [-0.15, -0.1) is 15.0 Å². The zero-order valence-electron chi connectivity index (χ0n) is 17.6. The Bertz CT molecular complexity index is 1060. The van der Waals surface area contributed by atoms with Gasteiger partial charge in [-0.2, -0.15) is 0 Å². The lowest BCUT2D eigenvalue weighted by Crippen LogP contribution is -2.24. The van der Waals surface area contributed by atoms with E-state index in [2.05, 4.69) is 10.2 Å². The summed E-state index contributed by atoms with van der Waals surface area (Å²) in [5, 5.41) is 19.1. The standard InChI is InChI=1S/C22H24N4O5/c1-29-17-11-14(12-18(30-2)21(17)31-3)20(28)19-22(25-10-9-16(27)13-25)24-26(23-19)15-7-5-4-6-8-15/h4-8,11-12,16,27H,9-10,13H2,1-3H3/t16-/m1/s1. The van der Waals surface area contributed by atoms with E-state index < -0.39 is 6.10 Å². The number of benzene rings is 2. The summed E-state index contributed by atoms with van der Waals surface area (Å²) in [4.78, 5) is 16.8. The number of aliphatic hydroxyl groups is 1. The van der Waals surface area contributed by atoms with E-state index in [-0.39, 0.29) is 11.5 Å². The minimum absolute atomic E-state index is 0.187. The Kier molecular flexibility index (Phi) is 5.77. The number of ether oxygens (including phenoxy) is 3. The summed E-state index contributed by atoms with van der Waals surface area (Å²) >= 11 is 0. The molecule has 1 saturated heterocycles. The van der Waals surface area contributed by atoms with E-state index in [9.17, 15) is 9.90 Å². The predicted molar refractivity (Wildman–Crippen MR) is 114 cm³/mol. The van der Waals surface area contributed by atoms with Crippen molar-refractivity contribution in [1.29, 1.82) is 0 Å². The van der Waals surface area contributed by atoms with E-state index in [1.165, 1.54) is 26.1 Å². The molecule has 9 nitrogen and oxygen atoms in total. The first kappa shape index (κ1) is 20.7. The van der Waals surface area contributed by atoms with Gasteiger partial charge in [0.2, 0.25) is 11.5 Å². The molecule has 2 heterocycles. The van der Waals surface area contributed by atoms with E-state index in [1.54, 1.807) is 12.1 Å². The molecule has 9 heteroatoms. The predicted octanol–water partition coefficient (Wildman–Crippen LogP) is 2.10. The van der Waals surface area contributed by atoms with Crippen LogP contribution in [0.15, 0.2) is 42.5 Å². The molecule has 0 radical (unpaired) electrons. The fourth-order valence-electron chi connectivity index (χ4n) is 3.62. The van der Waals surface area contributed by atoms with Crippen LogP contribution >= 0.6 is 0 Å². The van der Waals surface area contributed by atoms with Crippen LogP contribution in [0, 0.1) is 0 Å². The molecule has 1 fully saturated rings. The third kappa shape index (κ3) is 3.91. The second-order valence-electron chi connectivity index (χ2n) is 7.13. The minimum atomic E-state index is -0.467. The van der Waals surface area contributed by atoms with Gasteiger partial charge in [-0.1, -0.05) is 18.2 Å². The first-order chi connectivity index (χ1) is 15.0. The van der Waals surface area contributed by atoms with Crippen molar-refractivity contribution in [3.8, 4) is 22.9 Å². The molecule has 162 valence electrons. The van der Waals surface area contributed by atoms with Crippen LogP contribution in [0.2, 0.25) is 0 Å². The first-order valence-electron chi connectivity index (χ1n) is 9.86. The number of para-hydroxylation sites is 1. The topological polar surface area (TPSA) is 98.9 Å². The van der Waals surface area contributed by atoms with E-state index in [1.807, 2.05) is 35.2 Å². The van der Waals surface area contributed by atoms with Gasteiger partial charge in [-0.25, -0.2) is 0 Å². The van der Waals surface area contributed by atoms with Crippen LogP contribution in [0.3, 0.4) is 0 Å². The summed E-state index contributed by atoms with van der Waals surface area (Å²) in [6, 6.07) is 12.5. The van der Waals surface area contributed by atoms with Crippen molar-refractivity contribution in [1.82, 2.24) is 15.0 Å². The second kappa shape index (κ2) is 8.65. The number of aromatic nitrogens is 3. The molecule has 1 aromatic heterocycles. The number of hydrogen-bond acceptors (Lipinski definition) is 8. The fraction of sp³-hybridized carbons (Fsp3) is 0.318. The molecule has 0 bridgehead atoms. The van der Waals surface area contributed by atoms with Crippen molar-refractivity contribution in [2.24, 2.45) is 0 Å². The zero-order valence-corrected chi connectivity index (χ0v) is 17.6. The quantitative estimate of drug-likeness (QED) is 0.576. The molecule has 1 aliphatic rings. The number of β-amino-alcohol motifs (C(OH)–C–C–N with tert-alkyl or cyclic N) is 1. The summed E-state index contributed by atoms with van der Waals surface area (Å²) < 4.78 is 16.1. The number of carbonyl (C=O) groups excluding carboxylic acids is 1. The molecule has 3 aromatic rings. The number of nitrogens with zero attached hydrogens (tertiary/aromatic N) is 4. The molecule has 31 heavy (non-hydrogen) atoms. The van der Waals surface area contributed by atoms with E-state index in [0.29, 0.717) is 48.1 Å². The monoisotopic (exact) mass is 424 g/mol. The van der Waals surface area contributed by atoms with E-state index in [0.717, 1.165) is 5.69 Å². The molecule has 0 amide bonds. The molecule has 1 N–H and O–H groups in total. The van der Waals surface area contributed by atoms with Crippen LogP contribution in [0.4, 0.5) is 5.82 Å². The molecule has 2 aromatic carbocycles. The van der Waals surface area contributed by atoms with Crippen LogP contribution in [-0.4, -0.2) is 66.4 Å². The third-order valence-corrected chi connectivity index (χ3v) is 5.19. The lowest BCUT2D eigenvalue weighted by Gasteiger charge is -2.16. The zero-order chi connectivity index (χ0) is 22.0. The van der Waals surface area contributed by atoms with Crippen molar-refractivity contribution in [3.63, 3.8) is 0 Å². The highest BCUT2D eigenvalue weighted by molar-refractivity contribution is 6.11. The number of aliphatic hydroxyl groups excluding tert-OH is 1. The van der Waals surface area contributed by atoms with Gasteiger partial charge in [0.15, 0.2) is 23.0 Å². The number of methoxy groups -OCH3 is 3. The van der Waals surface area contributed by atoms with Gasteiger partial charge < -0.3 is 24.2 Å². The van der Waals surface area contributed by atoms with Crippen molar-refractivity contribution in [3.05, 3.63) is 53.7 Å². The summed E-state index contributed by atoms with van der Waals surface area (Å²) in [6.07, 6.45) is 0.140. The largest absolute Gasteiger partial charge is 0.493 e. The van der Waals surface area contributed by atoms with Gasteiger partial charge in [0.1, 0.15) is 0 Å². The lowest BCUT2D eigenvalue weighted by molar-refractivity contribution is 0.103. The van der Waals surface area contributed by atoms with Gasteiger partial charge in [-0.3, -0.25) is 4.79 Å². The third-order valence-electron chi connectivity index (χ3n) is 5.19. The maximum atomic E-state index is 13.5. The Morgan fingerprint density at radius 1 is 1.03 bits per heavy atom. The first-order valence-corrected chi connectivity index (χ1v) is 9.86. The van der Waals surface area contributed by atoms with Crippen LogP contribution in [-0.2, 0) is 0 Å². The normalized spacial score (nSPS) is 15.7. The van der Waals surface area contributed by atoms with Crippen molar-refractivity contribution in [2.75, 3.05) is 39.3 Å². The molecule has 1 aliphatic heterocycles. The number of hydrogen-bond donors (Lipinski definition) is 1. The highest BCUT2D eigenvalue weighted by atomic mass is 16.5. The summed E-state index contributed by atoms with van der Waals surface area (Å²) in [5.74, 6) is 1.24. The van der Waals surface area contributed by atoms with Crippen LogP contribution in [0.5, 0.6) is 17.2 Å². The van der Waals surface area contributed by atoms with Gasteiger partial charge in [0.05, 0.1) is 33.1 Å². The summed E-state index contributed by atoms with van der Waals surface area (Å²) in [7, 11) is 4.49. The minimum Gasteiger partial charge on any atom is -0.493 e. The number of carbonyl (C=O) groups is 1. The van der Waals surface area contributed by atoms with Gasteiger partial charge >= 0.3 is 0 Å². The maximum absolute atomic E-state index is 13.5. The van der Waals surface area contributed by atoms with Gasteiger partial charge in [0.25, 0.3) is 0 Å². The van der Waals surface area contributed by atoms with Crippen molar-refractivity contribution in [2.45, 2.75) is 12.5 Å². The van der Waals surface area contributed by atoms with E-state index in [4.69, 9.17) is 14.2 Å². The van der Waals surface area contributed by atoms with Crippen LogP contribution in [0.1, 0.15) is 22.5 Å². The lowest BCUT2D eigenvalue weighted by atomic mass is 10.1. The maximum Gasteiger partial charge on any atom is 0.217 e. The van der Waals surface area contributed by atoms with Crippen molar-refractivity contribution < 1.29 is 24.1 Å². The molecule has 0 unspecified atom stereocenters. The average Bonchev–Trinajstić information content (AvgIpc) is 3.44. The molecular formula is C22H24N4O5. The highest BCUT2D eigenvalue weighted by Gasteiger charge is 2.30. The van der Waals surface area contributed by atoms with Gasteiger partial charge in [-0.05, 0) is 30.7 Å². The molecule has 1 atom stereocenters. The Balaban J connectivity index is 1.81. The van der Waals surface area contributed by atoms with E-state index >= 15 is 0 Å². The Morgan fingerprint density at radius 3 is 2.26 bits per heavy atom. The second-order valence-corrected chi connectivity index (χ2v) is 7.13. The summed E-state index contributed by atoms with van der Waals surface area (Å²) in [5.41, 5.74) is 1.25. The molecule has 4 rings (SSSR count). The smallest absolute Gasteiger partial charge is 0.217 e. The van der Waals surface area contributed by atoms with Crippen LogP contribution < -0.4 is 19.1 Å².